The van der Waals surface area contributed by atoms with Gasteiger partial charge in [0.15, 0.2) is 0 Å². The first-order valence-electron chi connectivity index (χ1n) is 6.88. The summed E-state index contributed by atoms with van der Waals surface area (Å²) in [5.74, 6) is 0.114. The molecular formula is C15H18N2O2. The standard InChI is InChI=1S/C15H18N2O2/c1-10-9-17(15(19)11-5-4-6-11)13-8-3-2-7-12(13)16-14(10)18/h2-3,7-8,10-11H,4-6,9H2,1H3,(H,16,18). The minimum atomic E-state index is -0.184. The van der Waals surface area contributed by atoms with Crippen LogP contribution < -0.4 is 10.2 Å². The predicted octanol–water partition coefficient (Wildman–Crippen LogP) is 2.41. The van der Waals surface area contributed by atoms with Crippen LogP contribution in [0.25, 0.3) is 0 Å². The van der Waals surface area contributed by atoms with Crippen molar-refractivity contribution in [3.63, 3.8) is 0 Å². The Labute approximate surface area is 112 Å². The first-order valence-corrected chi connectivity index (χ1v) is 6.88. The van der Waals surface area contributed by atoms with Crippen molar-refractivity contribution in [2.45, 2.75) is 26.2 Å². The summed E-state index contributed by atoms with van der Waals surface area (Å²) < 4.78 is 0. The van der Waals surface area contributed by atoms with Gasteiger partial charge in [-0.3, -0.25) is 9.59 Å². The summed E-state index contributed by atoms with van der Waals surface area (Å²) in [6.07, 6.45) is 3.10. The number of nitrogens with one attached hydrogen (secondary N) is 1. The number of benzene rings is 1. The van der Waals surface area contributed by atoms with Gasteiger partial charge in [0.05, 0.1) is 17.3 Å². The minimum absolute atomic E-state index is 0.0173. The van der Waals surface area contributed by atoms with Crippen molar-refractivity contribution in [1.82, 2.24) is 0 Å². The molecular weight excluding hydrogens is 240 g/mol. The van der Waals surface area contributed by atoms with Crippen LogP contribution in [0.5, 0.6) is 0 Å². The maximum Gasteiger partial charge on any atom is 0.230 e. The van der Waals surface area contributed by atoms with E-state index >= 15 is 0 Å². The van der Waals surface area contributed by atoms with E-state index in [9.17, 15) is 9.59 Å². The Balaban J connectivity index is 1.97. The Hall–Kier alpha value is -1.84. The molecule has 1 aromatic carbocycles. The molecule has 0 spiro atoms. The van der Waals surface area contributed by atoms with E-state index in [1.807, 2.05) is 31.2 Å². The molecule has 1 heterocycles. The van der Waals surface area contributed by atoms with Gasteiger partial charge in [-0.25, -0.2) is 0 Å². The highest BCUT2D eigenvalue weighted by atomic mass is 16.2. The lowest BCUT2D eigenvalue weighted by Crippen LogP contribution is -2.41. The monoisotopic (exact) mass is 258 g/mol. The summed E-state index contributed by atoms with van der Waals surface area (Å²) in [7, 11) is 0. The molecule has 0 bridgehead atoms. The topological polar surface area (TPSA) is 49.4 Å². The van der Waals surface area contributed by atoms with E-state index in [-0.39, 0.29) is 23.7 Å². The summed E-state index contributed by atoms with van der Waals surface area (Å²) in [4.78, 5) is 26.3. The van der Waals surface area contributed by atoms with Crippen molar-refractivity contribution in [2.24, 2.45) is 11.8 Å². The zero-order valence-corrected chi connectivity index (χ0v) is 11.1. The Bertz CT molecular complexity index is 523. The molecule has 1 N–H and O–H groups in total. The summed E-state index contributed by atoms with van der Waals surface area (Å²) in [5, 5.41) is 2.90. The third kappa shape index (κ3) is 2.11. The van der Waals surface area contributed by atoms with Crippen LogP contribution in [-0.4, -0.2) is 18.4 Å². The maximum atomic E-state index is 12.5. The van der Waals surface area contributed by atoms with Crippen LogP contribution in [0, 0.1) is 11.8 Å². The van der Waals surface area contributed by atoms with Gasteiger partial charge < -0.3 is 10.2 Å². The summed E-state index contributed by atoms with van der Waals surface area (Å²) >= 11 is 0. The van der Waals surface area contributed by atoms with E-state index in [1.165, 1.54) is 0 Å². The van der Waals surface area contributed by atoms with Crippen LogP contribution in [0.3, 0.4) is 0 Å². The van der Waals surface area contributed by atoms with Crippen molar-refractivity contribution in [3.8, 4) is 0 Å². The number of amides is 2. The molecule has 1 saturated carbocycles. The number of nitrogens with zero attached hydrogens (tertiary/aromatic N) is 1. The molecule has 1 unspecified atom stereocenters. The Morgan fingerprint density at radius 1 is 1.32 bits per heavy atom. The van der Waals surface area contributed by atoms with Gasteiger partial charge in [0.2, 0.25) is 11.8 Å². The average molecular weight is 258 g/mol. The first kappa shape index (κ1) is 12.2. The van der Waals surface area contributed by atoms with Crippen molar-refractivity contribution in [3.05, 3.63) is 24.3 Å². The highest BCUT2D eigenvalue weighted by Gasteiger charge is 2.34. The van der Waals surface area contributed by atoms with Crippen LogP contribution in [0.4, 0.5) is 11.4 Å². The van der Waals surface area contributed by atoms with Crippen LogP contribution in [0.1, 0.15) is 26.2 Å². The van der Waals surface area contributed by atoms with Gasteiger partial charge in [0.1, 0.15) is 0 Å². The molecule has 100 valence electrons. The van der Waals surface area contributed by atoms with Gasteiger partial charge in [-0.2, -0.15) is 0 Å². The second-order valence-electron chi connectivity index (χ2n) is 5.48. The lowest BCUT2D eigenvalue weighted by atomic mass is 9.84. The van der Waals surface area contributed by atoms with Gasteiger partial charge in [-0.1, -0.05) is 25.5 Å². The first-order chi connectivity index (χ1) is 9.16. The third-order valence-electron chi connectivity index (χ3n) is 4.08. The van der Waals surface area contributed by atoms with Crippen LogP contribution in [-0.2, 0) is 9.59 Å². The molecule has 19 heavy (non-hydrogen) atoms. The molecule has 0 aromatic heterocycles. The van der Waals surface area contributed by atoms with Crippen LogP contribution in [0.15, 0.2) is 24.3 Å². The molecule has 0 saturated heterocycles. The number of hydrogen-bond donors (Lipinski definition) is 1. The van der Waals surface area contributed by atoms with Crippen molar-refractivity contribution in [1.29, 1.82) is 0 Å². The zero-order valence-electron chi connectivity index (χ0n) is 11.1. The summed E-state index contributed by atoms with van der Waals surface area (Å²) in [6, 6.07) is 7.54. The summed E-state index contributed by atoms with van der Waals surface area (Å²) in [5.41, 5.74) is 1.57. The number of hydrogen-bond acceptors (Lipinski definition) is 2. The highest BCUT2D eigenvalue weighted by molar-refractivity contribution is 6.05. The second kappa shape index (κ2) is 4.68. The molecule has 1 aromatic rings. The lowest BCUT2D eigenvalue weighted by molar-refractivity contribution is -0.125. The number of para-hydroxylation sites is 2. The second-order valence-corrected chi connectivity index (χ2v) is 5.48. The van der Waals surface area contributed by atoms with Gasteiger partial charge in [0, 0.05) is 12.5 Å². The fourth-order valence-corrected chi connectivity index (χ4v) is 2.61. The van der Waals surface area contributed by atoms with E-state index in [2.05, 4.69) is 5.32 Å². The zero-order chi connectivity index (χ0) is 13.4. The van der Waals surface area contributed by atoms with Crippen LogP contribution >= 0.6 is 0 Å². The van der Waals surface area contributed by atoms with E-state index in [4.69, 9.17) is 0 Å². The van der Waals surface area contributed by atoms with Crippen molar-refractivity contribution in [2.75, 3.05) is 16.8 Å². The highest BCUT2D eigenvalue weighted by Crippen LogP contribution is 2.35. The molecule has 2 amide bonds. The predicted molar refractivity (Wildman–Crippen MR) is 73.9 cm³/mol. The largest absolute Gasteiger partial charge is 0.324 e. The van der Waals surface area contributed by atoms with E-state index in [0.717, 1.165) is 30.6 Å². The Morgan fingerprint density at radius 3 is 2.74 bits per heavy atom. The van der Waals surface area contributed by atoms with E-state index in [0.29, 0.717) is 6.54 Å². The molecule has 2 aliphatic rings. The Kier molecular flexibility index (Phi) is 3.01. The fourth-order valence-electron chi connectivity index (χ4n) is 2.61. The van der Waals surface area contributed by atoms with E-state index < -0.39 is 0 Å². The number of fused-ring (bicyclic) bond motifs is 1. The van der Waals surface area contributed by atoms with Crippen molar-refractivity contribution >= 4 is 23.2 Å². The van der Waals surface area contributed by atoms with Gasteiger partial charge >= 0.3 is 0 Å². The molecule has 4 nitrogen and oxygen atoms in total. The van der Waals surface area contributed by atoms with E-state index in [1.54, 1.807) is 4.90 Å². The van der Waals surface area contributed by atoms with Gasteiger partial charge in [-0.05, 0) is 25.0 Å². The molecule has 1 atom stereocenters. The normalized spacial score (nSPS) is 23.1. The minimum Gasteiger partial charge on any atom is -0.324 e. The number of rotatable bonds is 1. The smallest absolute Gasteiger partial charge is 0.230 e. The number of carbonyl (C=O) groups excluding carboxylic acids is 2. The average Bonchev–Trinajstić information content (AvgIpc) is 2.45. The van der Waals surface area contributed by atoms with Gasteiger partial charge in [0.25, 0.3) is 0 Å². The summed E-state index contributed by atoms with van der Waals surface area (Å²) in [6.45, 7) is 2.33. The maximum absolute atomic E-state index is 12.5. The number of carbonyl (C=O) groups is 2. The molecule has 4 heteroatoms. The number of anilines is 2. The Morgan fingerprint density at radius 2 is 2.05 bits per heavy atom. The molecule has 0 radical (unpaired) electrons. The quantitative estimate of drug-likeness (QED) is 0.841. The SMILES string of the molecule is CC1CN(C(=O)C2CCC2)c2ccccc2NC1=O. The fraction of sp³-hybridized carbons (Fsp3) is 0.467. The molecule has 1 aliphatic carbocycles. The molecule has 1 aliphatic heterocycles. The lowest BCUT2D eigenvalue weighted by Gasteiger charge is -2.32. The van der Waals surface area contributed by atoms with Crippen LogP contribution in [0.2, 0.25) is 0 Å². The third-order valence-corrected chi connectivity index (χ3v) is 4.08. The molecule has 1 fully saturated rings. The van der Waals surface area contributed by atoms with Crippen molar-refractivity contribution < 1.29 is 9.59 Å². The van der Waals surface area contributed by atoms with Gasteiger partial charge in [-0.15, -0.1) is 0 Å². The molecule has 3 rings (SSSR count).